The van der Waals surface area contributed by atoms with Crippen LogP contribution in [-0.4, -0.2) is 46.0 Å². The van der Waals surface area contributed by atoms with Gasteiger partial charge in [-0.1, -0.05) is 0 Å². The van der Waals surface area contributed by atoms with E-state index >= 15 is 0 Å². The summed E-state index contributed by atoms with van der Waals surface area (Å²) in [5.41, 5.74) is 0. The Labute approximate surface area is 111 Å². The lowest BCUT2D eigenvalue weighted by Crippen LogP contribution is -2.38. The summed E-state index contributed by atoms with van der Waals surface area (Å²) in [6.07, 6.45) is 2.64. The molecule has 0 saturated heterocycles. The fraction of sp³-hybridized carbons (Fsp3) is 0.583. The number of carbonyl (C=O) groups excluding carboxylic acids is 1. The van der Waals surface area contributed by atoms with Gasteiger partial charge in [-0.25, -0.2) is 0 Å². The Morgan fingerprint density at radius 3 is 2.79 bits per heavy atom. The minimum absolute atomic E-state index is 0.135. The van der Waals surface area contributed by atoms with E-state index in [-0.39, 0.29) is 18.9 Å². The van der Waals surface area contributed by atoms with Crippen molar-refractivity contribution in [2.45, 2.75) is 32.4 Å². The first-order valence-corrected chi connectivity index (χ1v) is 6.14. The van der Waals surface area contributed by atoms with Crippen molar-refractivity contribution in [3.8, 4) is 0 Å². The molecule has 0 spiro atoms. The Kier molecular flexibility index (Phi) is 6.01. The molecule has 0 aromatic carbocycles. The van der Waals surface area contributed by atoms with Gasteiger partial charge in [0.1, 0.15) is 6.04 Å². The molecule has 0 radical (unpaired) electrons. The second kappa shape index (κ2) is 7.52. The Bertz CT molecular complexity index is 405. The number of carboxylic acid groups (broad SMARTS) is 1. The third kappa shape index (κ3) is 5.09. The van der Waals surface area contributed by atoms with E-state index in [1.165, 1.54) is 4.68 Å². The normalized spacial score (nSPS) is 13.8. The third-order valence-corrected chi connectivity index (χ3v) is 2.61. The monoisotopic (exact) mass is 269 g/mol. The van der Waals surface area contributed by atoms with Gasteiger partial charge >= 0.3 is 5.97 Å². The first-order valence-electron chi connectivity index (χ1n) is 6.14. The highest BCUT2D eigenvalue weighted by Gasteiger charge is 2.18. The molecule has 0 aliphatic carbocycles. The molecule has 1 amide bonds. The van der Waals surface area contributed by atoms with Crippen LogP contribution in [0, 0.1) is 0 Å². The van der Waals surface area contributed by atoms with E-state index < -0.39 is 18.1 Å². The van der Waals surface area contributed by atoms with Crippen LogP contribution in [0.1, 0.15) is 26.3 Å². The zero-order valence-corrected chi connectivity index (χ0v) is 11.1. The van der Waals surface area contributed by atoms with E-state index in [2.05, 4.69) is 10.4 Å². The van der Waals surface area contributed by atoms with Gasteiger partial charge in [0.25, 0.3) is 0 Å². The summed E-state index contributed by atoms with van der Waals surface area (Å²) >= 11 is 0. The maximum Gasteiger partial charge on any atom is 0.306 e. The summed E-state index contributed by atoms with van der Waals surface area (Å²) in [6, 6.07) is 1.29. The number of carbonyl (C=O) groups is 2. The number of rotatable bonds is 8. The van der Waals surface area contributed by atoms with Gasteiger partial charge in [0.05, 0.1) is 12.5 Å². The number of ether oxygens (including phenoxy) is 1. The summed E-state index contributed by atoms with van der Waals surface area (Å²) in [6.45, 7) is 4.07. The Morgan fingerprint density at radius 1 is 1.53 bits per heavy atom. The molecule has 0 bridgehead atoms. The van der Waals surface area contributed by atoms with Gasteiger partial charge in [-0.3, -0.25) is 14.3 Å². The van der Waals surface area contributed by atoms with Crippen molar-refractivity contribution in [2.24, 2.45) is 0 Å². The summed E-state index contributed by atoms with van der Waals surface area (Å²) in [4.78, 5) is 22.5. The van der Waals surface area contributed by atoms with Crippen molar-refractivity contribution in [1.29, 1.82) is 0 Å². The number of nitrogens with one attached hydrogen (secondary N) is 1. The maximum atomic E-state index is 11.9. The predicted molar refractivity (Wildman–Crippen MR) is 67.6 cm³/mol. The molecule has 0 aliphatic heterocycles. The molecule has 0 saturated carbocycles. The smallest absolute Gasteiger partial charge is 0.306 e. The molecule has 1 heterocycles. The summed E-state index contributed by atoms with van der Waals surface area (Å²) in [5, 5.41) is 15.4. The van der Waals surface area contributed by atoms with Crippen molar-refractivity contribution >= 4 is 11.9 Å². The summed E-state index contributed by atoms with van der Waals surface area (Å²) < 4.78 is 6.79. The molecule has 7 nitrogen and oxygen atoms in total. The Morgan fingerprint density at radius 2 is 2.26 bits per heavy atom. The molecule has 0 fully saturated rings. The molecule has 106 valence electrons. The Balaban J connectivity index is 2.44. The zero-order valence-electron chi connectivity index (χ0n) is 11.1. The van der Waals surface area contributed by atoms with Crippen LogP contribution in [0.3, 0.4) is 0 Å². The summed E-state index contributed by atoms with van der Waals surface area (Å²) in [7, 11) is 0. The summed E-state index contributed by atoms with van der Waals surface area (Å²) in [5.74, 6) is -1.17. The van der Waals surface area contributed by atoms with Crippen molar-refractivity contribution < 1.29 is 19.4 Å². The van der Waals surface area contributed by atoms with E-state index in [1.54, 1.807) is 32.3 Å². The minimum Gasteiger partial charge on any atom is -0.481 e. The van der Waals surface area contributed by atoms with Gasteiger partial charge < -0.3 is 15.2 Å². The van der Waals surface area contributed by atoms with Gasteiger partial charge in [-0.05, 0) is 19.9 Å². The fourth-order valence-electron chi connectivity index (χ4n) is 1.61. The van der Waals surface area contributed by atoms with Gasteiger partial charge in [0.15, 0.2) is 0 Å². The van der Waals surface area contributed by atoms with Crippen molar-refractivity contribution in [3.63, 3.8) is 0 Å². The van der Waals surface area contributed by atoms with Gasteiger partial charge in [-0.15, -0.1) is 0 Å². The van der Waals surface area contributed by atoms with Crippen LogP contribution in [0.2, 0.25) is 0 Å². The second-order valence-corrected chi connectivity index (χ2v) is 4.08. The van der Waals surface area contributed by atoms with Crippen molar-refractivity contribution in [3.05, 3.63) is 18.5 Å². The highest BCUT2D eigenvalue weighted by Crippen LogP contribution is 2.04. The SMILES string of the molecule is CCOC(CNC(=O)C(C)n1cccn1)CC(=O)O. The predicted octanol–water partition coefficient (Wildman–Crippen LogP) is 0.440. The molecule has 0 aliphatic rings. The van der Waals surface area contributed by atoms with Gasteiger partial charge in [0.2, 0.25) is 5.91 Å². The fourth-order valence-corrected chi connectivity index (χ4v) is 1.61. The number of aromatic nitrogens is 2. The van der Waals surface area contributed by atoms with Crippen LogP contribution in [0.25, 0.3) is 0 Å². The quantitative estimate of drug-likeness (QED) is 0.714. The lowest BCUT2D eigenvalue weighted by molar-refractivity contribution is -0.140. The minimum atomic E-state index is -0.951. The number of hydrogen-bond donors (Lipinski definition) is 2. The van der Waals surface area contributed by atoms with Crippen LogP contribution >= 0.6 is 0 Å². The molecule has 7 heteroatoms. The zero-order chi connectivity index (χ0) is 14.3. The molecule has 1 rings (SSSR count). The molecule has 2 N–H and O–H groups in total. The topological polar surface area (TPSA) is 93.5 Å². The Hall–Kier alpha value is -1.89. The third-order valence-electron chi connectivity index (χ3n) is 2.61. The van der Waals surface area contributed by atoms with Gasteiger partial charge in [0, 0.05) is 25.5 Å². The molecule has 1 aromatic rings. The number of amides is 1. The molecule has 2 unspecified atom stereocenters. The first-order chi connectivity index (χ1) is 9.04. The molecule has 19 heavy (non-hydrogen) atoms. The lowest BCUT2D eigenvalue weighted by Gasteiger charge is -2.18. The van der Waals surface area contributed by atoms with E-state index in [4.69, 9.17) is 9.84 Å². The molecular weight excluding hydrogens is 250 g/mol. The van der Waals surface area contributed by atoms with Crippen LogP contribution in [0.15, 0.2) is 18.5 Å². The average Bonchev–Trinajstić information content (AvgIpc) is 2.88. The van der Waals surface area contributed by atoms with Gasteiger partial charge in [-0.2, -0.15) is 5.10 Å². The lowest BCUT2D eigenvalue weighted by atomic mass is 10.2. The maximum absolute atomic E-state index is 11.9. The average molecular weight is 269 g/mol. The van der Waals surface area contributed by atoms with E-state index in [1.807, 2.05) is 0 Å². The molecular formula is C12H19N3O4. The van der Waals surface area contributed by atoms with Crippen LogP contribution in [-0.2, 0) is 14.3 Å². The number of nitrogens with zero attached hydrogens (tertiary/aromatic N) is 2. The van der Waals surface area contributed by atoms with E-state index in [9.17, 15) is 9.59 Å². The van der Waals surface area contributed by atoms with Crippen molar-refractivity contribution in [2.75, 3.05) is 13.2 Å². The second-order valence-electron chi connectivity index (χ2n) is 4.08. The number of carboxylic acids is 1. The van der Waals surface area contributed by atoms with E-state index in [0.29, 0.717) is 6.61 Å². The largest absolute Gasteiger partial charge is 0.481 e. The standard InChI is InChI=1S/C12H19N3O4/c1-3-19-10(7-11(16)17)8-13-12(18)9(2)15-6-4-5-14-15/h4-6,9-10H,3,7-8H2,1-2H3,(H,13,18)(H,16,17). The number of aliphatic carboxylic acids is 1. The highest BCUT2D eigenvalue weighted by atomic mass is 16.5. The molecule has 1 aromatic heterocycles. The van der Waals surface area contributed by atoms with E-state index in [0.717, 1.165) is 0 Å². The first kappa shape index (κ1) is 15.2. The van der Waals surface area contributed by atoms with Crippen LogP contribution in [0.5, 0.6) is 0 Å². The highest BCUT2D eigenvalue weighted by molar-refractivity contribution is 5.79. The van der Waals surface area contributed by atoms with Crippen LogP contribution in [0.4, 0.5) is 0 Å². The van der Waals surface area contributed by atoms with Crippen LogP contribution < -0.4 is 5.32 Å². The number of hydrogen-bond acceptors (Lipinski definition) is 4. The van der Waals surface area contributed by atoms with Crippen molar-refractivity contribution in [1.82, 2.24) is 15.1 Å². The molecule has 2 atom stereocenters.